The van der Waals surface area contributed by atoms with Crippen LogP contribution >= 0.6 is 11.3 Å². The Hall–Kier alpha value is -3.44. The summed E-state index contributed by atoms with van der Waals surface area (Å²) >= 11 is 1.35. The number of hydrogen-bond donors (Lipinski definition) is 1. The lowest BCUT2D eigenvalue weighted by Gasteiger charge is -2.06. The molecule has 0 atom stereocenters. The predicted molar refractivity (Wildman–Crippen MR) is 110 cm³/mol. The van der Waals surface area contributed by atoms with Crippen molar-refractivity contribution < 1.29 is 14.0 Å². The number of hydrogen-bond acceptors (Lipinski definition) is 4. The Morgan fingerprint density at radius 2 is 1.57 bits per heavy atom. The van der Waals surface area contributed by atoms with E-state index < -0.39 is 0 Å². The van der Waals surface area contributed by atoms with E-state index in [1.54, 1.807) is 18.2 Å². The molecule has 1 amide bonds. The number of thiophene rings is 1. The van der Waals surface area contributed by atoms with Crippen LogP contribution in [0.25, 0.3) is 11.1 Å². The van der Waals surface area contributed by atoms with Crippen LogP contribution in [0.4, 0.5) is 0 Å². The lowest BCUT2D eigenvalue weighted by molar-refractivity contribution is 0.0950. The maximum absolute atomic E-state index is 12.4. The van der Waals surface area contributed by atoms with E-state index >= 15 is 0 Å². The fraction of sp³-hybridized carbons (Fsp3) is 0.0435. The Labute approximate surface area is 166 Å². The molecule has 4 rings (SSSR count). The summed E-state index contributed by atoms with van der Waals surface area (Å²) in [6.45, 7) is 0.370. The summed E-state index contributed by atoms with van der Waals surface area (Å²) in [6, 6.07) is 24.5. The molecule has 0 saturated heterocycles. The third-order valence-electron chi connectivity index (χ3n) is 4.31. The van der Waals surface area contributed by atoms with Crippen molar-refractivity contribution in [3.8, 4) is 11.1 Å². The Morgan fingerprint density at radius 3 is 2.29 bits per heavy atom. The molecule has 0 bridgehead atoms. The van der Waals surface area contributed by atoms with E-state index in [0.717, 1.165) is 16.0 Å². The summed E-state index contributed by atoms with van der Waals surface area (Å²) in [5, 5.41) is 2.90. The van der Waals surface area contributed by atoms with Crippen molar-refractivity contribution in [2.24, 2.45) is 0 Å². The van der Waals surface area contributed by atoms with Crippen LogP contribution in [0.5, 0.6) is 0 Å². The molecular weight excluding hydrogens is 370 g/mol. The highest BCUT2D eigenvalue weighted by Gasteiger charge is 2.15. The Bertz CT molecular complexity index is 1080. The Morgan fingerprint density at radius 1 is 0.821 bits per heavy atom. The number of furan rings is 1. The molecule has 4 nitrogen and oxygen atoms in total. The summed E-state index contributed by atoms with van der Waals surface area (Å²) in [7, 11) is 0. The zero-order valence-electron chi connectivity index (χ0n) is 14.9. The number of nitrogens with one attached hydrogen (secondary N) is 1. The largest absolute Gasteiger partial charge is 0.461 e. The fourth-order valence-electron chi connectivity index (χ4n) is 2.84. The molecular formula is C23H17NO3S. The predicted octanol–water partition coefficient (Wildman–Crippen LogP) is 5.17. The first-order valence-corrected chi connectivity index (χ1v) is 9.63. The van der Waals surface area contributed by atoms with Crippen molar-refractivity contribution in [1.29, 1.82) is 0 Å². The maximum Gasteiger partial charge on any atom is 0.251 e. The average molecular weight is 387 g/mol. The standard InChI is InChI=1S/C23H17NO3S/c25-22(20-7-4-14-27-20)21-13-12-19(28-21)15-24-23(26)18-10-8-17(9-11-18)16-5-2-1-3-6-16/h1-14H,15H2,(H,24,26). The summed E-state index contributed by atoms with van der Waals surface area (Å²) in [5.41, 5.74) is 2.78. The van der Waals surface area contributed by atoms with E-state index in [1.165, 1.54) is 17.6 Å². The number of carbonyl (C=O) groups is 2. The van der Waals surface area contributed by atoms with E-state index in [9.17, 15) is 9.59 Å². The molecule has 28 heavy (non-hydrogen) atoms. The van der Waals surface area contributed by atoms with Crippen LogP contribution < -0.4 is 5.32 Å². The van der Waals surface area contributed by atoms with Gasteiger partial charge in [-0.25, -0.2) is 0 Å². The molecule has 138 valence electrons. The summed E-state index contributed by atoms with van der Waals surface area (Å²) in [4.78, 5) is 26.2. The van der Waals surface area contributed by atoms with Crippen LogP contribution in [0.1, 0.15) is 30.7 Å². The maximum atomic E-state index is 12.4. The molecule has 4 aromatic rings. The van der Waals surface area contributed by atoms with Gasteiger partial charge >= 0.3 is 0 Å². The van der Waals surface area contributed by atoms with Crippen LogP contribution in [0.3, 0.4) is 0 Å². The number of ketones is 1. The van der Waals surface area contributed by atoms with E-state index in [4.69, 9.17) is 4.42 Å². The summed E-state index contributed by atoms with van der Waals surface area (Å²) in [6.07, 6.45) is 1.48. The molecule has 2 aromatic carbocycles. The molecule has 5 heteroatoms. The third kappa shape index (κ3) is 3.94. The van der Waals surface area contributed by atoms with Gasteiger partial charge in [0.25, 0.3) is 5.91 Å². The van der Waals surface area contributed by atoms with Crippen molar-refractivity contribution >= 4 is 23.0 Å². The van der Waals surface area contributed by atoms with Gasteiger partial charge in [-0.05, 0) is 47.5 Å². The molecule has 2 heterocycles. The number of benzene rings is 2. The zero-order valence-corrected chi connectivity index (χ0v) is 15.7. The van der Waals surface area contributed by atoms with Crippen molar-refractivity contribution in [2.75, 3.05) is 0 Å². The quantitative estimate of drug-likeness (QED) is 0.464. The molecule has 0 spiro atoms. The molecule has 2 aromatic heterocycles. The highest BCUT2D eigenvalue weighted by Crippen LogP contribution is 2.21. The topological polar surface area (TPSA) is 59.3 Å². The van der Waals surface area contributed by atoms with Crippen LogP contribution in [-0.2, 0) is 6.54 Å². The highest BCUT2D eigenvalue weighted by atomic mass is 32.1. The van der Waals surface area contributed by atoms with Crippen molar-refractivity contribution in [1.82, 2.24) is 5.32 Å². The summed E-state index contributed by atoms with van der Waals surface area (Å²) < 4.78 is 5.14. The van der Waals surface area contributed by atoms with E-state index in [0.29, 0.717) is 22.7 Å². The molecule has 0 aliphatic carbocycles. The normalized spacial score (nSPS) is 10.6. The SMILES string of the molecule is O=C(NCc1ccc(C(=O)c2ccco2)s1)c1ccc(-c2ccccc2)cc1. The molecule has 0 aliphatic heterocycles. The second-order valence-corrected chi connectivity index (χ2v) is 7.37. The number of carbonyl (C=O) groups excluding carboxylic acids is 2. The smallest absolute Gasteiger partial charge is 0.251 e. The second-order valence-electron chi connectivity index (χ2n) is 6.20. The van der Waals surface area contributed by atoms with Gasteiger partial charge < -0.3 is 9.73 Å². The number of rotatable bonds is 6. The van der Waals surface area contributed by atoms with Gasteiger partial charge in [-0.15, -0.1) is 11.3 Å². The Balaban J connectivity index is 1.38. The van der Waals surface area contributed by atoms with Crippen LogP contribution in [0.15, 0.2) is 89.5 Å². The average Bonchev–Trinajstić information content (AvgIpc) is 3.45. The van der Waals surface area contributed by atoms with Gasteiger partial charge in [-0.3, -0.25) is 9.59 Å². The molecule has 0 aliphatic rings. The van der Waals surface area contributed by atoms with Gasteiger partial charge in [0, 0.05) is 10.4 Å². The van der Waals surface area contributed by atoms with E-state index in [-0.39, 0.29) is 11.7 Å². The zero-order chi connectivity index (χ0) is 19.3. The van der Waals surface area contributed by atoms with Crippen LogP contribution in [0, 0.1) is 0 Å². The van der Waals surface area contributed by atoms with Crippen molar-refractivity contribution in [3.63, 3.8) is 0 Å². The second kappa shape index (κ2) is 8.06. The number of amides is 1. The molecule has 0 unspecified atom stereocenters. The lowest BCUT2D eigenvalue weighted by atomic mass is 10.0. The minimum atomic E-state index is -0.149. The minimum absolute atomic E-state index is 0.146. The van der Waals surface area contributed by atoms with Crippen LogP contribution in [-0.4, -0.2) is 11.7 Å². The molecule has 1 N–H and O–H groups in total. The minimum Gasteiger partial charge on any atom is -0.461 e. The summed E-state index contributed by atoms with van der Waals surface area (Å²) in [5.74, 6) is 0.0203. The van der Waals surface area contributed by atoms with Crippen molar-refractivity contribution in [2.45, 2.75) is 6.54 Å². The fourth-order valence-corrected chi connectivity index (χ4v) is 3.73. The van der Waals surface area contributed by atoms with Gasteiger partial charge in [0.15, 0.2) is 5.76 Å². The first kappa shape index (κ1) is 17.9. The van der Waals surface area contributed by atoms with E-state index in [2.05, 4.69) is 5.32 Å². The van der Waals surface area contributed by atoms with Crippen LogP contribution in [0.2, 0.25) is 0 Å². The van der Waals surface area contributed by atoms with Gasteiger partial charge in [-0.2, -0.15) is 0 Å². The lowest BCUT2D eigenvalue weighted by Crippen LogP contribution is -2.22. The van der Waals surface area contributed by atoms with E-state index in [1.807, 2.05) is 60.7 Å². The first-order chi connectivity index (χ1) is 13.7. The molecule has 0 fully saturated rings. The highest BCUT2D eigenvalue weighted by molar-refractivity contribution is 7.14. The van der Waals surface area contributed by atoms with Gasteiger partial charge in [0.2, 0.25) is 5.78 Å². The van der Waals surface area contributed by atoms with Crippen molar-refractivity contribution in [3.05, 3.63) is 106 Å². The van der Waals surface area contributed by atoms with Gasteiger partial charge in [0.05, 0.1) is 17.7 Å². The van der Waals surface area contributed by atoms with Gasteiger partial charge in [0.1, 0.15) is 0 Å². The van der Waals surface area contributed by atoms with Gasteiger partial charge in [-0.1, -0.05) is 42.5 Å². The molecule has 0 saturated carbocycles. The Kier molecular flexibility index (Phi) is 5.17. The third-order valence-corrected chi connectivity index (χ3v) is 5.39. The molecule has 0 radical (unpaired) electrons. The first-order valence-electron chi connectivity index (χ1n) is 8.81. The monoisotopic (exact) mass is 387 g/mol.